The Kier molecular flexibility index (Phi) is 4.46. The zero-order valence-electron chi connectivity index (χ0n) is 14.7. The second-order valence-electron chi connectivity index (χ2n) is 7.02. The standard InChI is InChI=1S/C20H24N4O/c1-25-19-11-14(12-21)8-9-15(19)13-24-10-4-7-18(24)20-22-16-5-2-3-6-17(16)23-20/h8-9,11,18H,2-7,10,13H2,1H3,(H,22,23). The van der Waals surface area contributed by atoms with E-state index in [9.17, 15) is 0 Å². The number of likely N-dealkylation sites (tertiary alicyclic amines) is 1. The van der Waals surface area contributed by atoms with Crippen molar-refractivity contribution < 1.29 is 4.74 Å². The summed E-state index contributed by atoms with van der Waals surface area (Å²) in [5, 5.41) is 9.08. The normalized spacial score (nSPS) is 20.2. The molecule has 1 aromatic carbocycles. The average Bonchev–Trinajstić information content (AvgIpc) is 3.28. The molecule has 0 amide bonds. The first kappa shape index (κ1) is 16.2. The van der Waals surface area contributed by atoms with Gasteiger partial charge in [-0.25, -0.2) is 4.98 Å². The minimum Gasteiger partial charge on any atom is -0.496 e. The maximum Gasteiger partial charge on any atom is 0.124 e. The van der Waals surface area contributed by atoms with Gasteiger partial charge in [0.15, 0.2) is 0 Å². The summed E-state index contributed by atoms with van der Waals surface area (Å²) >= 11 is 0. The van der Waals surface area contributed by atoms with Gasteiger partial charge in [-0.05, 0) is 57.2 Å². The first-order chi connectivity index (χ1) is 12.3. The summed E-state index contributed by atoms with van der Waals surface area (Å²) in [6.45, 7) is 1.89. The highest BCUT2D eigenvalue weighted by atomic mass is 16.5. The molecule has 4 rings (SSSR count). The lowest BCUT2D eigenvalue weighted by Gasteiger charge is -2.24. The van der Waals surface area contributed by atoms with E-state index in [2.05, 4.69) is 16.0 Å². The third-order valence-electron chi connectivity index (χ3n) is 5.44. The Bertz CT molecular complexity index is 781. The summed E-state index contributed by atoms with van der Waals surface area (Å²) in [4.78, 5) is 11.0. The van der Waals surface area contributed by atoms with Crippen LogP contribution in [0.5, 0.6) is 5.75 Å². The monoisotopic (exact) mass is 336 g/mol. The van der Waals surface area contributed by atoms with Crippen LogP contribution in [0.25, 0.3) is 0 Å². The van der Waals surface area contributed by atoms with Crippen molar-refractivity contribution in [2.45, 2.75) is 51.1 Å². The van der Waals surface area contributed by atoms with Crippen LogP contribution in [0.15, 0.2) is 18.2 Å². The van der Waals surface area contributed by atoms with Crippen LogP contribution in [-0.2, 0) is 19.4 Å². The van der Waals surface area contributed by atoms with Crippen LogP contribution in [0.1, 0.15) is 60.1 Å². The van der Waals surface area contributed by atoms with E-state index in [0.717, 1.165) is 49.5 Å². The molecule has 2 aromatic rings. The molecule has 1 atom stereocenters. The van der Waals surface area contributed by atoms with Crippen LogP contribution >= 0.6 is 0 Å². The Morgan fingerprint density at radius 1 is 1.32 bits per heavy atom. The topological polar surface area (TPSA) is 64.9 Å². The van der Waals surface area contributed by atoms with Crippen LogP contribution in [0, 0.1) is 11.3 Å². The number of ether oxygens (including phenoxy) is 1. The predicted molar refractivity (Wildman–Crippen MR) is 95.3 cm³/mol. The number of nitriles is 1. The van der Waals surface area contributed by atoms with Gasteiger partial charge in [0.2, 0.25) is 0 Å². The number of aromatic nitrogens is 2. The number of hydrogen-bond acceptors (Lipinski definition) is 4. The number of aromatic amines is 1. The highest BCUT2D eigenvalue weighted by molar-refractivity contribution is 5.42. The van der Waals surface area contributed by atoms with E-state index in [4.69, 9.17) is 15.0 Å². The number of H-pyrrole nitrogens is 1. The first-order valence-corrected chi connectivity index (χ1v) is 9.17. The molecule has 1 N–H and O–H groups in total. The van der Waals surface area contributed by atoms with Gasteiger partial charge in [0.25, 0.3) is 0 Å². The fraction of sp³-hybridized carbons (Fsp3) is 0.500. The molecule has 0 saturated carbocycles. The van der Waals surface area contributed by atoms with Gasteiger partial charge in [-0.2, -0.15) is 5.26 Å². The molecule has 1 aliphatic carbocycles. The summed E-state index contributed by atoms with van der Waals surface area (Å²) in [6, 6.07) is 8.24. The van der Waals surface area contributed by atoms with Gasteiger partial charge in [-0.3, -0.25) is 4.90 Å². The number of imidazole rings is 1. The average molecular weight is 336 g/mol. The minimum atomic E-state index is 0.353. The van der Waals surface area contributed by atoms with E-state index < -0.39 is 0 Å². The van der Waals surface area contributed by atoms with Crippen molar-refractivity contribution in [1.29, 1.82) is 5.26 Å². The molecule has 2 aliphatic rings. The number of rotatable bonds is 4. The molecule has 1 aromatic heterocycles. The number of aryl methyl sites for hydroxylation is 2. The molecule has 2 heterocycles. The Hall–Kier alpha value is -2.32. The number of methoxy groups -OCH3 is 1. The second-order valence-corrected chi connectivity index (χ2v) is 7.02. The smallest absolute Gasteiger partial charge is 0.124 e. The van der Waals surface area contributed by atoms with Crippen LogP contribution < -0.4 is 4.74 Å². The maximum absolute atomic E-state index is 9.08. The summed E-state index contributed by atoms with van der Waals surface area (Å²) in [5.74, 6) is 1.93. The second kappa shape index (κ2) is 6.89. The summed E-state index contributed by atoms with van der Waals surface area (Å²) < 4.78 is 5.50. The predicted octanol–water partition coefficient (Wildman–Crippen LogP) is 3.51. The van der Waals surface area contributed by atoms with Crippen LogP contribution in [0.4, 0.5) is 0 Å². The van der Waals surface area contributed by atoms with Gasteiger partial charge in [0, 0.05) is 17.8 Å². The van der Waals surface area contributed by atoms with Crippen molar-refractivity contribution in [2.75, 3.05) is 13.7 Å². The molecule has 1 saturated heterocycles. The molecule has 5 heteroatoms. The molecular weight excluding hydrogens is 312 g/mol. The van der Waals surface area contributed by atoms with E-state index in [1.807, 2.05) is 18.2 Å². The molecule has 1 aliphatic heterocycles. The zero-order valence-corrected chi connectivity index (χ0v) is 14.7. The molecule has 1 fully saturated rings. The summed E-state index contributed by atoms with van der Waals surface area (Å²) in [7, 11) is 1.67. The van der Waals surface area contributed by atoms with Gasteiger partial charge in [-0.1, -0.05) is 6.07 Å². The summed E-state index contributed by atoms with van der Waals surface area (Å²) in [6.07, 6.45) is 7.11. The third kappa shape index (κ3) is 3.14. The van der Waals surface area contributed by atoms with Crippen molar-refractivity contribution in [1.82, 2.24) is 14.9 Å². The first-order valence-electron chi connectivity index (χ1n) is 9.17. The molecule has 0 spiro atoms. The van der Waals surface area contributed by atoms with E-state index in [1.54, 1.807) is 7.11 Å². The number of benzene rings is 1. The van der Waals surface area contributed by atoms with E-state index in [1.165, 1.54) is 30.7 Å². The van der Waals surface area contributed by atoms with Crippen molar-refractivity contribution in [2.24, 2.45) is 0 Å². The van der Waals surface area contributed by atoms with Crippen molar-refractivity contribution >= 4 is 0 Å². The van der Waals surface area contributed by atoms with Crippen LogP contribution in [0.2, 0.25) is 0 Å². The number of hydrogen-bond donors (Lipinski definition) is 1. The van der Waals surface area contributed by atoms with Gasteiger partial charge < -0.3 is 9.72 Å². The van der Waals surface area contributed by atoms with Crippen LogP contribution in [-0.4, -0.2) is 28.5 Å². The fourth-order valence-corrected chi connectivity index (χ4v) is 4.12. The van der Waals surface area contributed by atoms with Gasteiger partial charge >= 0.3 is 0 Å². The molecule has 25 heavy (non-hydrogen) atoms. The highest BCUT2D eigenvalue weighted by Crippen LogP contribution is 2.34. The maximum atomic E-state index is 9.08. The molecular formula is C20H24N4O. The third-order valence-corrected chi connectivity index (χ3v) is 5.44. The fourth-order valence-electron chi connectivity index (χ4n) is 4.12. The number of nitrogens with one attached hydrogen (secondary N) is 1. The highest BCUT2D eigenvalue weighted by Gasteiger charge is 2.30. The van der Waals surface area contributed by atoms with Gasteiger partial charge in [-0.15, -0.1) is 0 Å². The zero-order chi connectivity index (χ0) is 17.2. The Labute approximate surface area is 148 Å². The Morgan fingerprint density at radius 3 is 3.00 bits per heavy atom. The molecule has 130 valence electrons. The number of nitrogens with zero attached hydrogens (tertiary/aromatic N) is 3. The van der Waals surface area contributed by atoms with Gasteiger partial charge in [0.1, 0.15) is 11.6 Å². The van der Waals surface area contributed by atoms with E-state index in [0.29, 0.717) is 11.6 Å². The minimum absolute atomic E-state index is 0.353. The molecule has 1 unspecified atom stereocenters. The van der Waals surface area contributed by atoms with Crippen LogP contribution in [0.3, 0.4) is 0 Å². The van der Waals surface area contributed by atoms with Crippen molar-refractivity contribution in [3.05, 3.63) is 46.5 Å². The van der Waals surface area contributed by atoms with Crippen molar-refractivity contribution in [3.63, 3.8) is 0 Å². The molecule has 0 radical (unpaired) electrons. The molecule has 5 nitrogen and oxygen atoms in total. The lowest BCUT2D eigenvalue weighted by atomic mass is 10.0. The lowest BCUT2D eigenvalue weighted by molar-refractivity contribution is 0.237. The lowest BCUT2D eigenvalue weighted by Crippen LogP contribution is -2.24. The number of fused-ring (bicyclic) bond motifs is 1. The Balaban J connectivity index is 1.56. The molecule has 0 bridgehead atoms. The van der Waals surface area contributed by atoms with Crippen molar-refractivity contribution in [3.8, 4) is 11.8 Å². The Morgan fingerprint density at radius 2 is 2.20 bits per heavy atom. The summed E-state index contributed by atoms with van der Waals surface area (Å²) in [5.41, 5.74) is 4.40. The SMILES string of the molecule is COc1cc(C#N)ccc1CN1CCCC1c1nc2c([nH]1)CCCC2. The van der Waals surface area contributed by atoms with E-state index in [-0.39, 0.29) is 0 Å². The quantitative estimate of drug-likeness (QED) is 0.928. The van der Waals surface area contributed by atoms with Gasteiger partial charge in [0.05, 0.1) is 30.5 Å². The largest absolute Gasteiger partial charge is 0.496 e. The van der Waals surface area contributed by atoms with E-state index >= 15 is 0 Å².